The van der Waals surface area contributed by atoms with Crippen molar-refractivity contribution in [3.8, 4) is 0 Å². The molecular weight excluding hydrogens is 318 g/mol. The first-order chi connectivity index (χ1) is 12.1. The summed E-state index contributed by atoms with van der Waals surface area (Å²) in [4.78, 5) is 18.1. The van der Waals surface area contributed by atoms with Crippen molar-refractivity contribution in [2.45, 2.75) is 25.5 Å². The standard InChI is InChI=1S/C19H25N3O3/c1-21-12-9-20-18(21)17(23)15-7-10-22(11-8-15)13-14-3-5-16(6-4-14)19(24)25-2/h3-6,9,12,15,17,23H,7-8,10-11,13H2,1-2H3. The predicted octanol–water partition coefficient (Wildman–Crippen LogP) is 2.15. The minimum absolute atomic E-state index is 0.249. The second-order valence-electron chi connectivity index (χ2n) is 6.64. The Bertz CT molecular complexity index is 703. The van der Waals surface area contributed by atoms with Gasteiger partial charge in [-0.2, -0.15) is 0 Å². The summed E-state index contributed by atoms with van der Waals surface area (Å²) >= 11 is 0. The summed E-state index contributed by atoms with van der Waals surface area (Å²) in [6.07, 6.45) is 5.00. The fraction of sp³-hybridized carbons (Fsp3) is 0.474. The van der Waals surface area contributed by atoms with Crippen LogP contribution < -0.4 is 0 Å². The van der Waals surface area contributed by atoms with E-state index in [2.05, 4.69) is 9.88 Å². The van der Waals surface area contributed by atoms with Gasteiger partial charge in [0.1, 0.15) is 11.9 Å². The van der Waals surface area contributed by atoms with Crippen molar-refractivity contribution in [2.75, 3.05) is 20.2 Å². The highest BCUT2D eigenvalue weighted by atomic mass is 16.5. The zero-order chi connectivity index (χ0) is 17.8. The highest BCUT2D eigenvalue weighted by Gasteiger charge is 2.28. The van der Waals surface area contributed by atoms with Gasteiger partial charge in [0.2, 0.25) is 0 Å². The van der Waals surface area contributed by atoms with Crippen molar-refractivity contribution in [3.63, 3.8) is 0 Å². The van der Waals surface area contributed by atoms with E-state index in [4.69, 9.17) is 4.74 Å². The number of likely N-dealkylation sites (tertiary alicyclic amines) is 1. The molecule has 0 bridgehead atoms. The van der Waals surface area contributed by atoms with Crippen LogP contribution in [0.2, 0.25) is 0 Å². The quantitative estimate of drug-likeness (QED) is 0.843. The fourth-order valence-corrected chi connectivity index (χ4v) is 3.42. The van der Waals surface area contributed by atoms with Crippen LogP contribution in [0.25, 0.3) is 0 Å². The third kappa shape index (κ3) is 4.08. The number of aliphatic hydroxyl groups is 1. The molecule has 2 heterocycles. The van der Waals surface area contributed by atoms with Crippen molar-refractivity contribution < 1.29 is 14.6 Å². The van der Waals surface area contributed by atoms with Crippen LogP contribution in [0.3, 0.4) is 0 Å². The van der Waals surface area contributed by atoms with E-state index in [9.17, 15) is 9.90 Å². The van der Waals surface area contributed by atoms with E-state index in [0.717, 1.165) is 38.3 Å². The van der Waals surface area contributed by atoms with E-state index in [1.165, 1.54) is 12.7 Å². The van der Waals surface area contributed by atoms with Crippen molar-refractivity contribution in [1.29, 1.82) is 0 Å². The molecule has 1 unspecified atom stereocenters. The van der Waals surface area contributed by atoms with Crippen LogP contribution in [-0.2, 0) is 18.3 Å². The molecule has 1 aromatic heterocycles. The zero-order valence-electron chi connectivity index (χ0n) is 14.8. The maximum absolute atomic E-state index is 11.5. The molecule has 1 atom stereocenters. The number of aliphatic hydroxyl groups excluding tert-OH is 1. The van der Waals surface area contributed by atoms with E-state index in [-0.39, 0.29) is 11.9 Å². The molecule has 0 saturated carbocycles. The number of carbonyl (C=O) groups is 1. The van der Waals surface area contributed by atoms with Crippen molar-refractivity contribution in [1.82, 2.24) is 14.5 Å². The van der Waals surface area contributed by atoms with Gasteiger partial charge in [0.15, 0.2) is 0 Å². The summed E-state index contributed by atoms with van der Waals surface area (Å²) in [6.45, 7) is 2.75. The summed E-state index contributed by atoms with van der Waals surface area (Å²) in [6, 6.07) is 7.56. The van der Waals surface area contributed by atoms with Gasteiger partial charge in [0.05, 0.1) is 12.7 Å². The number of rotatable bonds is 5. The largest absolute Gasteiger partial charge is 0.465 e. The number of ether oxygens (including phenoxy) is 1. The third-order valence-corrected chi connectivity index (χ3v) is 4.98. The molecule has 1 saturated heterocycles. The Hall–Kier alpha value is -2.18. The number of methoxy groups -OCH3 is 1. The lowest BCUT2D eigenvalue weighted by Gasteiger charge is -2.34. The van der Waals surface area contributed by atoms with Crippen molar-refractivity contribution >= 4 is 5.97 Å². The summed E-state index contributed by atoms with van der Waals surface area (Å²) in [5.74, 6) is 0.687. The minimum Gasteiger partial charge on any atom is -0.465 e. The van der Waals surface area contributed by atoms with Crippen molar-refractivity contribution in [3.05, 3.63) is 53.6 Å². The molecule has 134 valence electrons. The lowest BCUT2D eigenvalue weighted by Crippen LogP contribution is -2.35. The van der Waals surface area contributed by atoms with Crippen LogP contribution in [0.15, 0.2) is 36.7 Å². The molecule has 0 aliphatic carbocycles. The van der Waals surface area contributed by atoms with E-state index in [1.54, 1.807) is 18.3 Å². The Morgan fingerprint density at radius 1 is 1.32 bits per heavy atom. The van der Waals surface area contributed by atoms with Gasteiger partial charge < -0.3 is 14.4 Å². The van der Waals surface area contributed by atoms with Gasteiger partial charge in [-0.05, 0) is 49.5 Å². The predicted molar refractivity (Wildman–Crippen MR) is 94.0 cm³/mol. The lowest BCUT2D eigenvalue weighted by molar-refractivity contribution is 0.0492. The Kier molecular flexibility index (Phi) is 5.50. The van der Waals surface area contributed by atoms with Crippen LogP contribution in [-0.4, -0.2) is 45.7 Å². The van der Waals surface area contributed by atoms with E-state index < -0.39 is 6.10 Å². The Morgan fingerprint density at radius 3 is 2.56 bits per heavy atom. The van der Waals surface area contributed by atoms with Crippen LogP contribution in [0.1, 0.15) is 40.7 Å². The Balaban J connectivity index is 1.52. The maximum Gasteiger partial charge on any atom is 0.337 e. The molecule has 0 radical (unpaired) electrons. The van der Waals surface area contributed by atoms with Gasteiger partial charge in [0, 0.05) is 26.0 Å². The summed E-state index contributed by atoms with van der Waals surface area (Å²) in [5.41, 5.74) is 1.75. The minimum atomic E-state index is -0.499. The molecule has 0 amide bonds. The van der Waals surface area contributed by atoms with Gasteiger partial charge in [-0.25, -0.2) is 9.78 Å². The molecule has 6 heteroatoms. The Labute approximate surface area is 148 Å². The van der Waals surface area contributed by atoms with E-state index in [1.807, 2.05) is 29.9 Å². The Morgan fingerprint density at radius 2 is 2.00 bits per heavy atom. The molecule has 2 aromatic rings. The number of imidazole rings is 1. The molecule has 1 fully saturated rings. The number of nitrogens with zero attached hydrogens (tertiary/aromatic N) is 3. The average molecular weight is 343 g/mol. The van der Waals surface area contributed by atoms with Crippen LogP contribution in [0, 0.1) is 5.92 Å². The van der Waals surface area contributed by atoms with Crippen LogP contribution in [0.5, 0.6) is 0 Å². The lowest BCUT2D eigenvalue weighted by atomic mass is 9.90. The number of aryl methyl sites for hydroxylation is 1. The summed E-state index contributed by atoms with van der Waals surface area (Å²) < 4.78 is 6.61. The van der Waals surface area contributed by atoms with Gasteiger partial charge >= 0.3 is 5.97 Å². The SMILES string of the molecule is COC(=O)c1ccc(CN2CCC(C(O)c3nccn3C)CC2)cc1. The molecule has 1 aliphatic heterocycles. The smallest absolute Gasteiger partial charge is 0.337 e. The number of hydrogen-bond donors (Lipinski definition) is 1. The molecular formula is C19H25N3O3. The highest BCUT2D eigenvalue weighted by molar-refractivity contribution is 5.89. The first kappa shape index (κ1) is 17.6. The third-order valence-electron chi connectivity index (χ3n) is 4.98. The molecule has 0 spiro atoms. The van der Waals surface area contributed by atoms with Gasteiger partial charge in [-0.3, -0.25) is 4.90 Å². The second kappa shape index (κ2) is 7.80. The first-order valence-electron chi connectivity index (χ1n) is 8.63. The average Bonchev–Trinajstić information content (AvgIpc) is 3.07. The monoisotopic (exact) mass is 343 g/mol. The van der Waals surface area contributed by atoms with Gasteiger partial charge in [-0.1, -0.05) is 12.1 Å². The maximum atomic E-state index is 11.5. The van der Waals surface area contributed by atoms with Crippen LogP contribution >= 0.6 is 0 Å². The molecule has 1 aromatic carbocycles. The molecule has 25 heavy (non-hydrogen) atoms. The number of piperidine rings is 1. The summed E-state index contributed by atoms with van der Waals surface area (Å²) in [7, 11) is 3.30. The fourth-order valence-electron chi connectivity index (χ4n) is 3.42. The number of esters is 1. The van der Waals surface area contributed by atoms with Gasteiger partial charge in [0.25, 0.3) is 0 Å². The first-order valence-corrected chi connectivity index (χ1v) is 8.63. The van der Waals surface area contributed by atoms with Crippen LogP contribution in [0.4, 0.5) is 0 Å². The van der Waals surface area contributed by atoms with E-state index >= 15 is 0 Å². The normalized spacial score (nSPS) is 17.4. The van der Waals surface area contributed by atoms with Crippen molar-refractivity contribution in [2.24, 2.45) is 13.0 Å². The summed E-state index contributed by atoms with van der Waals surface area (Å²) in [5, 5.41) is 10.6. The van der Waals surface area contributed by atoms with Gasteiger partial charge in [-0.15, -0.1) is 0 Å². The number of carbonyl (C=O) groups excluding carboxylic acids is 1. The number of hydrogen-bond acceptors (Lipinski definition) is 5. The number of benzene rings is 1. The molecule has 1 N–H and O–H groups in total. The van der Waals surface area contributed by atoms with E-state index in [0.29, 0.717) is 5.56 Å². The highest BCUT2D eigenvalue weighted by Crippen LogP contribution is 2.30. The second-order valence-corrected chi connectivity index (χ2v) is 6.64. The zero-order valence-corrected chi connectivity index (χ0v) is 14.8. The topological polar surface area (TPSA) is 67.6 Å². The molecule has 6 nitrogen and oxygen atoms in total. The molecule has 1 aliphatic rings. The molecule has 3 rings (SSSR count). The number of aromatic nitrogens is 2.